The molecule has 25 heavy (non-hydrogen) atoms. The minimum absolute atomic E-state index is 0.0469. The summed E-state index contributed by atoms with van der Waals surface area (Å²) in [6.45, 7) is 3.28. The van der Waals surface area contributed by atoms with Gasteiger partial charge in [0.15, 0.2) is 0 Å². The van der Waals surface area contributed by atoms with Crippen LogP contribution in [0, 0.1) is 11.3 Å². The Kier molecular flexibility index (Phi) is 7.27. The number of piperidine rings is 1. The monoisotopic (exact) mass is 342 g/mol. The number of likely N-dealkylation sites (tertiary alicyclic amines) is 1. The average Bonchev–Trinajstić information content (AvgIpc) is 2.66. The molecule has 3 amide bonds. The van der Waals surface area contributed by atoms with Gasteiger partial charge in [-0.25, -0.2) is 4.79 Å². The normalized spacial score (nSPS) is 18.1. The fraction of sp³-hybridized carbons (Fsp3) is 0.526. The van der Waals surface area contributed by atoms with Crippen LogP contribution in [0.5, 0.6) is 0 Å². The van der Waals surface area contributed by atoms with Crippen molar-refractivity contribution in [2.75, 3.05) is 19.6 Å². The van der Waals surface area contributed by atoms with Gasteiger partial charge in [-0.3, -0.25) is 4.79 Å². The summed E-state index contributed by atoms with van der Waals surface area (Å²) < 4.78 is 0. The van der Waals surface area contributed by atoms with Crippen LogP contribution in [0.25, 0.3) is 0 Å². The molecular weight excluding hydrogens is 316 g/mol. The number of carbonyl (C=O) groups is 2. The number of carbonyl (C=O) groups excluding carboxylic acids is 2. The number of nitrogens with one attached hydrogen (secondary N) is 2. The Morgan fingerprint density at radius 3 is 2.80 bits per heavy atom. The molecular formula is C19H26N4O2. The molecule has 0 aliphatic carbocycles. The third-order valence-electron chi connectivity index (χ3n) is 4.51. The van der Waals surface area contributed by atoms with E-state index in [1.807, 2.05) is 31.2 Å². The molecule has 1 heterocycles. The quantitative estimate of drug-likeness (QED) is 0.778. The van der Waals surface area contributed by atoms with Crippen LogP contribution in [0.4, 0.5) is 4.79 Å². The third-order valence-corrected chi connectivity index (χ3v) is 4.51. The van der Waals surface area contributed by atoms with E-state index in [1.165, 1.54) is 5.56 Å². The summed E-state index contributed by atoms with van der Waals surface area (Å²) in [5, 5.41) is 14.0. The van der Waals surface area contributed by atoms with Crippen LogP contribution in [0.3, 0.4) is 0 Å². The summed E-state index contributed by atoms with van der Waals surface area (Å²) in [6.07, 6.45) is 3.34. The Morgan fingerprint density at radius 1 is 1.36 bits per heavy atom. The molecule has 1 aromatic carbocycles. The van der Waals surface area contributed by atoms with E-state index in [0.29, 0.717) is 25.4 Å². The second kappa shape index (κ2) is 9.67. The van der Waals surface area contributed by atoms with Crippen LogP contribution in [0.15, 0.2) is 30.3 Å². The standard InChI is InChI=1S/C19H26N4O2/c1-2-7-17(18(24)21-12-11-20)22-19(25)23-13-6-10-16(14-23)15-8-4-3-5-9-15/h3-5,8-9,16-17H,2,6-7,10,12-14H2,1H3,(H,21,24)(H,22,25). The molecule has 0 aromatic heterocycles. The van der Waals surface area contributed by atoms with Crippen molar-refractivity contribution in [1.29, 1.82) is 5.26 Å². The number of hydrogen-bond donors (Lipinski definition) is 2. The fourth-order valence-electron chi connectivity index (χ4n) is 3.21. The molecule has 1 aliphatic heterocycles. The van der Waals surface area contributed by atoms with E-state index in [1.54, 1.807) is 4.90 Å². The largest absolute Gasteiger partial charge is 0.341 e. The number of amides is 3. The van der Waals surface area contributed by atoms with Gasteiger partial charge in [-0.2, -0.15) is 5.26 Å². The van der Waals surface area contributed by atoms with E-state index in [4.69, 9.17) is 5.26 Å². The van der Waals surface area contributed by atoms with Gasteiger partial charge in [-0.05, 0) is 24.8 Å². The first-order chi connectivity index (χ1) is 12.2. The zero-order valence-electron chi connectivity index (χ0n) is 14.7. The summed E-state index contributed by atoms with van der Waals surface area (Å²) in [5.41, 5.74) is 1.25. The van der Waals surface area contributed by atoms with Crippen molar-refractivity contribution in [1.82, 2.24) is 15.5 Å². The minimum Gasteiger partial charge on any atom is -0.341 e. The van der Waals surface area contributed by atoms with Crippen LogP contribution in [-0.4, -0.2) is 42.5 Å². The highest BCUT2D eigenvalue weighted by atomic mass is 16.2. The molecule has 2 N–H and O–H groups in total. The zero-order valence-corrected chi connectivity index (χ0v) is 14.7. The van der Waals surface area contributed by atoms with Gasteiger partial charge in [0.1, 0.15) is 12.6 Å². The van der Waals surface area contributed by atoms with E-state index < -0.39 is 6.04 Å². The molecule has 0 bridgehead atoms. The summed E-state index contributed by atoms with van der Waals surface area (Å²) >= 11 is 0. The Bertz CT molecular complexity index is 612. The lowest BCUT2D eigenvalue weighted by atomic mass is 9.91. The Labute approximate surface area is 149 Å². The maximum Gasteiger partial charge on any atom is 0.318 e. The lowest BCUT2D eigenvalue weighted by Gasteiger charge is -2.34. The predicted molar refractivity (Wildman–Crippen MR) is 95.8 cm³/mol. The number of rotatable bonds is 6. The Hall–Kier alpha value is -2.55. The second-order valence-electron chi connectivity index (χ2n) is 6.36. The molecule has 1 aromatic rings. The van der Waals surface area contributed by atoms with Crippen molar-refractivity contribution >= 4 is 11.9 Å². The summed E-state index contributed by atoms with van der Waals surface area (Å²) in [6, 6.07) is 11.3. The maximum atomic E-state index is 12.6. The zero-order chi connectivity index (χ0) is 18.1. The van der Waals surface area contributed by atoms with Crippen LogP contribution >= 0.6 is 0 Å². The Balaban J connectivity index is 1.96. The summed E-state index contributed by atoms with van der Waals surface area (Å²) in [5.74, 6) is 0.0334. The molecule has 2 rings (SSSR count). The molecule has 6 heteroatoms. The lowest BCUT2D eigenvalue weighted by molar-refractivity contribution is -0.122. The van der Waals surface area contributed by atoms with E-state index in [-0.39, 0.29) is 18.5 Å². The van der Waals surface area contributed by atoms with Crippen molar-refractivity contribution in [3.8, 4) is 6.07 Å². The number of benzene rings is 1. The van der Waals surface area contributed by atoms with Crippen LogP contribution in [0.2, 0.25) is 0 Å². The molecule has 0 radical (unpaired) electrons. The molecule has 134 valence electrons. The van der Waals surface area contributed by atoms with Gasteiger partial charge in [0.25, 0.3) is 0 Å². The van der Waals surface area contributed by atoms with Crippen LogP contribution in [0.1, 0.15) is 44.1 Å². The lowest BCUT2D eigenvalue weighted by Crippen LogP contribution is -2.53. The molecule has 0 saturated carbocycles. The number of hydrogen-bond acceptors (Lipinski definition) is 3. The highest BCUT2D eigenvalue weighted by molar-refractivity contribution is 5.87. The van der Waals surface area contributed by atoms with E-state index in [2.05, 4.69) is 22.8 Å². The first-order valence-corrected chi connectivity index (χ1v) is 8.90. The first-order valence-electron chi connectivity index (χ1n) is 8.90. The van der Waals surface area contributed by atoms with Crippen molar-refractivity contribution < 1.29 is 9.59 Å². The molecule has 2 unspecified atom stereocenters. The van der Waals surface area contributed by atoms with Crippen molar-refractivity contribution in [2.24, 2.45) is 0 Å². The molecule has 1 aliphatic rings. The van der Waals surface area contributed by atoms with Gasteiger partial charge in [0.05, 0.1) is 6.07 Å². The van der Waals surface area contributed by atoms with Crippen LogP contribution < -0.4 is 10.6 Å². The molecule has 0 spiro atoms. The highest BCUT2D eigenvalue weighted by Gasteiger charge is 2.27. The second-order valence-corrected chi connectivity index (χ2v) is 6.36. The number of nitrogens with zero attached hydrogens (tertiary/aromatic N) is 2. The number of nitriles is 1. The van der Waals surface area contributed by atoms with Crippen molar-refractivity contribution in [3.05, 3.63) is 35.9 Å². The smallest absolute Gasteiger partial charge is 0.318 e. The maximum absolute atomic E-state index is 12.6. The van der Waals surface area contributed by atoms with Crippen LogP contribution in [-0.2, 0) is 4.79 Å². The Morgan fingerprint density at radius 2 is 2.12 bits per heavy atom. The van der Waals surface area contributed by atoms with Gasteiger partial charge in [0.2, 0.25) is 5.91 Å². The average molecular weight is 342 g/mol. The summed E-state index contributed by atoms with van der Waals surface area (Å²) in [4.78, 5) is 26.5. The van der Waals surface area contributed by atoms with Crippen molar-refractivity contribution in [3.63, 3.8) is 0 Å². The molecule has 6 nitrogen and oxygen atoms in total. The van der Waals surface area contributed by atoms with E-state index >= 15 is 0 Å². The highest BCUT2D eigenvalue weighted by Crippen LogP contribution is 2.26. The van der Waals surface area contributed by atoms with Gasteiger partial charge >= 0.3 is 6.03 Å². The topological polar surface area (TPSA) is 85.2 Å². The van der Waals surface area contributed by atoms with Gasteiger partial charge < -0.3 is 15.5 Å². The van der Waals surface area contributed by atoms with Gasteiger partial charge in [0, 0.05) is 19.0 Å². The summed E-state index contributed by atoms with van der Waals surface area (Å²) in [7, 11) is 0. The first kappa shape index (κ1) is 18.8. The number of urea groups is 1. The van der Waals surface area contributed by atoms with Crippen molar-refractivity contribution in [2.45, 2.75) is 44.6 Å². The molecule has 1 saturated heterocycles. The predicted octanol–water partition coefficient (Wildman–Crippen LogP) is 2.38. The molecule has 1 fully saturated rings. The molecule has 2 atom stereocenters. The SMILES string of the molecule is CCCC(NC(=O)N1CCCC(c2ccccc2)C1)C(=O)NCC#N. The third kappa shape index (κ3) is 5.49. The van der Waals surface area contributed by atoms with Gasteiger partial charge in [-0.1, -0.05) is 43.7 Å². The van der Waals surface area contributed by atoms with E-state index in [0.717, 1.165) is 19.3 Å². The van der Waals surface area contributed by atoms with E-state index in [9.17, 15) is 9.59 Å². The van der Waals surface area contributed by atoms with Gasteiger partial charge in [-0.15, -0.1) is 0 Å². The fourth-order valence-corrected chi connectivity index (χ4v) is 3.21. The minimum atomic E-state index is -0.594.